The van der Waals surface area contributed by atoms with Gasteiger partial charge in [-0.25, -0.2) is 4.98 Å². The van der Waals surface area contributed by atoms with Gasteiger partial charge in [-0.1, -0.05) is 41.9 Å². The number of hydrogen-bond acceptors (Lipinski definition) is 4. The van der Waals surface area contributed by atoms with Crippen LogP contribution in [0.1, 0.15) is 18.7 Å². The lowest BCUT2D eigenvalue weighted by Gasteiger charge is -2.11. The van der Waals surface area contributed by atoms with Crippen molar-refractivity contribution in [1.29, 1.82) is 0 Å². The van der Waals surface area contributed by atoms with Crippen molar-refractivity contribution in [2.75, 3.05) is 13.2 Å². The third-order valence-electron chi connectivity index (χ3n) is 5.15. The molecule has 0 aliphatic carbocycles. The molecule has 1 N–H and O–H groups in total. The number of carbonyl (C=O) groups excluding carboxylic acids is 1. The fourth-order valence-corrected chi connectivity index (χ4v) is 3.62. The highest BCUT2D eigenvalue weighted by atomic mass is 35.5. The van der Waals surface area contributed by atoms with Crippen molar-refractivity contribution in [2.24, 2.45) is 0 Å². The summed E-state index contributed by atoms with van der Waals surface area (Å²) in [7, 11) is 0. The SMILES string of the molecule is O=C(COc1ccc(Cl)cc1)NCc1nc2ccccc2n1CCCCOc1ccccc1. The molecular weight excluding hydrogens is 438 g/mol. The summed E-state index contributed by atoms with van der Waals surface area (Å²) in [4.78, 5) is 17.0. The molecule has 0 radical (unpaired) electrons. The normalized spacial score (nSPS) is 10.8. The smallest absolute Gasteiger partial charge is 0.258 e. The van der Waals surface area contributed by atoms with Gasteiger partial charge in [0.2, 0.25) is 0 Å². The number of aryl methyl sites for hydroxylation is 1. The van der Waals surface area contributed by atoms with Gasteiger partial charge in [-0.3, -0.25) is 4.79 Å². The number of para-hydroxylation sites is 3. The van der Waals surface area contributed by atoms with Crippen LogP contribution in [0.5, 0.6) is 11.5 Å². The maximum absolute atomic E-state index is 12.3. The molecule has 0 unspecified atom stereocenters. The molecule has 4 aromatic rings. The topological polar surface area (TPSA) is 65.4 Å². The summed E-state index contributed by atoms with van der Waals surface area (Å²) in [6, 6.07) is 24.7. The minimum Gasteiger partial charge on any atom is -0.494 e. The van der Waals surface area contributed by atoms with Crippen LogP contribution in [0.3, 0.4) is 0 Å². The number of rotatable bonds is 11. The lowest BCUT2D eigenvalue weighted by molar-refractivity contribution is -0.123. The van der Waals surface area contributed by atoms with Crippen LogP contribution in [0.4, 0.5) is 0 Å². The Kier molecular flexibility index (Phi) is 7.82. The van der Waals surface area contributed by atoms with E-state index in [0.717, 1.165) is 42.0 Å². The molecule has 1 amide bonds. The zero-order valence-corrected chi connectivity index (χ0v) is 19.0. The molecule has 33 heavy (non-hydrogen) atoms. The third-order valence-corrected chi connectivity index (χ3v) is 5.40. The van der Waals surface area contributed by atoms with Crippen LogP contribution in [-0.4, -0.2) is 28.7 Å². The van der Waals surface area contributed by atoms with Crippen molar-refractivity contribution in [3.63, 3.8) is 0 Å². The summed E-state index contributed by atoms with van der Waals surface area (Å²) >= 11 is 5.87. The fraction of sp³-hybridized carbons (Fsp3) is 0.231. The van der Waals surface area contributed by atoms with E-state index >= 15 is 0 Å². The van der Waals surface area contributed by atoms with Crippen molar-refractivity contribution in [3.05, 3.63) is 89.7 Å². The van der Waals surface area contributed by atoms with E-state index in [2.05, 4.69) is 16.0 Å². The number of nitrogens with zero attached hydrogens (tertiary/aromatic N) is 2. The van der Waals surface area contributed by atoms with Crippen molar-refractivity contribution < 1.29 is 14.3 Å². The average Bonchev–Trinajstić information content (AvgIpc) is 3.20. The van der Waals surface area contributed by atoms with Gasteiger partial charge >= 0.3 is 0 Å². The van der Waals surface area contributed by atoms with Crippen LogP contribution >= 0.6 is 11.6 Å². The monoisotopic (exact) mass is 463 g/mol. The molecule has 170 valence electrons. The Morgan fingerprint density at radius 2 is 1.61 bits per heavy atom. The van der Waals surface area contributed by atoms with Crippen molar-refractivity contribution in [2.45, 2.75) is 25.9 Å². The molecule has 6 nitrogen and oxygen atoms in total. The number of nitrogens with one attached hydrogen (secondary N) is 1. The predicted molar refractivity (Wildman–Crippen MR) is 130 cm³/mol. The number of ether oxygens (including phenoxy) is 2. The van der Waals surface area contributed by atoms with Gasteiger partial charge in [-0.15, -0.1) is 0 Å². The number of hydrogen-bond donors (Lipinski definition) is 1. The van der Waals surface area contributed by atoms with Gasteiger partial charge in [0.25, 0.3) is 5.91 Å². The molecule has 0 saturated heterocycles. The Balaban J connectivity index is 1.30. The second kappa shape index (κ2) is 11.4. The van der Waals surface area contributed by atoms with Crippen LogP contribution in [0.15, 0.2) is 78.9 Å². The largest absolute Gasteiger partial charge is 0.494 e. The number of halogens is 1. The average molecular weight is 464 g/mol. The number of imidazole rings is 1. The van der Waals surface area contributed by atoms with Crippen molar-refractivity contribution in [3.8, 4) is 11.5 Å². The Labute approximate surface area is 198 Å². The van der Waals surface area contributed by atoms with Gasteiger partial charge in [0.15, 0.2) is 6.61 Å². The van der Waals surface area contributed by atoms with Crippen molar-refractivity contribution in [1.82, 2.24) is 14.9 Å². The van der Waals surface area contributed by atoms with E-state index in [0.29, 0.717) is 23.9 Å². The fourth-order valence-electron chi connectivity index (χ4n) is 3.50. The molecule has 4 rings (SSSR count). The maximum Gasteiger partial charge on any atom is 0.258 e. The molecule has 0 atom stereocenters. The van der Waals surface area contributed by atoms with Crippen LogP contribution in [0.2, 0.25) is 5.02 Å². The summed E-state index contributed by atoms with van der Waals surface area (Å²) in [5.74, 6) is 2.09. The summed E-state index contributed by atoms with van der Waals surface area (Å²) < 4.78 is 13.5. The first-order chi connectivity index (χ1) is 16.2. The molecule has 0 aliphatic rings. The van der Waals surface area contributed by atoms with Gasteiger partial charge in [-0.2, -0.15) is 0 Å². The van der Waals surface area contributed by atoms with Crippen LogP contribution < -0.4 is 14.8 Å². The standard InChI is InChI=1S/C26H26ClN3O3/c27-20-12-14-22(15-13-20)33-19-26(31)28-18-25-29-23-10-4-5-11-24(23)30(25)16-6-7-17-32-21-8-2-1-3-9-21/h1-5,8-15H,6-7,16-19H2,(H,28,31). The van der Waals surface area contributed by atoms with Gasteiger partial charge in [0.05, 0.1) is 24.2 Å². The molecule has 0 fully saturated rings. The first-order valence-electron chi connectivity index (χ1n) is 11.0. The second-order valence-electron chi connectivity index (χ2n) is 7.56. The number of aromatic nitrogens is 2. The molecule has 1 heterocycles. The van der Waals surface area contributed by atoms with Crippen LogP contribution in [0.25, 0.3) is 11.0 Å². The highest BCUT2D eigenvalue weighted by Crippen LogP contribution is 2.18. The van der Waals surface area contributed by atoms with Crippen molar-refractivity contribution >= 4 is 28.5 Å². The molecule has 0 aliphatic heterocycles. The van der Waals surface area contributed by atoms with E-state index in [-0.39, 0.29) is 12.5 Å². The van der Waals surface area contributed by atoms with Gasteiger partial charge in [-0.05, 0) is 61.4 Å². The zero-order chi connectivity index (χ0) is 22.9. The lowest BCUT2D eigenvalue weighted by atomic mass is 10.3. The summed E-state index contributed by atoms with van der Waals surface area (Å²) in [5.41, 5.74) is 1.97. The predicted octanol–water partition coefficient (Wildman–Crippen LogP) is 5.24. The molecule has 1 aromatic heterocycles. The Hall–Kier alpha value is -3.51. The Morgan fingerprint density at radius 1 is 0.879 bits per heavy atom. The van der Waals surface area contributed by atoms with E-state index in [9.17, 15) is 4.79 Å². The summed E-state index contributed by atoms with van der Waals surface area (Å²) in [6.45, 7) is 1.71. The van der Waals surface area contributed by atoms with E-state index in [4.69, 9.17) is 26.1 Å². The molecule has 7 heteroatoms. The van der Waals surface area contributed by atoms with Gasteiger partial charge in [0, 0.05) is 11.6 Å². The Morgan fingerprint density at radius 3 is 2.42 bits per heavy atom. The van der Waals surface area contributed by atoms with E-state index in [1.807, 2.05) is 48.5 Å². The molecule has 3 aromatic carbocycles. The number of carbonyl (C=O) groups is 1. The Bertz CT molecular complexity index is 1180. The minimum absolute atomic E-state index is 0.0707. The van der Waals surface area contributed by atoms with E-state index in [1.165, 1.54) is 0 Å². The number of amides is 1. The van der Waals surface area contributed by atoms with E-state index in [1.54, 1.807) is 24.3 Å². The molecule has 0 spiro atoms. The third kappa shape index (κ3) is 6.49. The highest BCUT2D eigenvalue weighted by Gasteiger charge is 2.12. The first kappa shape index (κ1) is 22.7. The molecular formula is C26H26ClN3O3. The second-order valence-corrected chi connectivity index (χ2v) is 7.99. The summed E-state index contributed by atoms with van der Waals surface area (Å²) in [6.07, 6.45) is 1.86. The summed E-state index contributed by atoms with van der Waals surface area (Å²) in [5, 5.41) is 3.53. The van der Waals surface area contributed by atoms with Gasteiger partial charge in [0.1, 0.15) is 17.3 Å². The number of unbranched alkanes of at least 4 members (excludes halogenated alkanes) is 1. The van der Waals surface area contributed by atoms with Crippen LogP contribution in [0, 0.1) is 0 Å². The van der Waals surface area contributed by atoms with Gasteiger partial charge < -0.3 is 19.4 Å². The number of fused-ring (bicyclic) bond motifs is 1. The minimum atomic E-state index is -0.209. The zero-order valence-electron chi connectivity index (χ0n) is 18.2. The lowest BCUT2D eigenvalue weighted by Crippen LogP contribution is -2.29. The quantitative estimate of drug-likeness (QED) is 0.309. The van der Waals surface area contributed by atoms with Crippen LogP contribution in [-0.2, 0) is 17.9 Å². The maximum atomic E-state index is 12.3. The first-order valence-corrected chi connectivity index (χ1v) is 11.3. The number of benzene rings is 3. The highest BCUT2D eigenvalue weighted by molar-refractivity contribution is 6.30. The molecule has 0 saturated carbocycles. The van der Waals surface area contributed by atoms with E-state index < -0.39 is 0 Å². The molecule has 0 bridgehead atoms.